The molecule has 98 valence electrons. The van der Waals surface area contributed by atoms with Crippen LogP contribution in [0.5, 0.6) is 5.75 Å². The first-order chi connectivity index (χ1) is 8.76. The average molecular weight is 265 g/mol. The first kappa shape index (κ1) is 13.2. The number of imidazole rings is 1. The van der Waals surface area contributed by atoms with Crippen LogP contribution in [0.25, 0.3) is 11.0 Å². The molecule has 4 nitrogen and oxygen atoms in total. The second kappa shape index (κ2) is 6.11. The number of fused-ring (bicyclic) bond motifs is 1. The van der Waals surface area contributed by atoms with Gasteiger partial charge in [-0.2, -0.15) is 0 Å². The number of methoxy groups -OCH3 is 1. The summed E-state index contributed by atoms with van der Waals surface area (Å²) in [5.41, 5.74) is 2.00. The number of H-pyrrole nitrogens is 1. The number of thioether (sulfide) groups is 1. The first-order valence-corrected chi connectivity index (χ1v) is 7.09. The smallest absolute Gasteiger partial charge is 0.166 e. The molecule has 2 aromatic rings. The zero-order valence-electron chi connectivity index (χ0n) is 11.0. The monoisotopic (exact) mass is 265 g/mol. The van der Waals surface area contributed by atoms with E-state index in [1.807, 2.05) is 25.2 Å². The summed E-state index contributed by atoms with van der Waals surface area (Å²) in [6, 6.07) is 6.41. The fourth-order valence-corrected chi connectivity index (χ4v) is 2.85. The first-order valence-electron chi connectivity index (χ1n) is 6.10. The number of nitrogens with zero attached hydrogens (tertiary/aromatic N) is 1. The van der Waals surface area contributed by atoms with Crippen LogP contribution in [0.15, 0.2) is 23.4 Å². The zero-order chi connectivity index (χ0) is 13.0. The lowest BCUT2D eigenvalue weighted by Crippen LogP contribution is -2.26. The van der Waals surface area contributed by atoms with E-state index in [9.17, 15) is 0 Å². The van der Waals surface area contributed by atoms with E-state index in [0.717, 1.165) is 34.1 Å². The van der Waals surface area contributed by atoms with Crippen molar-refractivity contribution in [2.45, 2.75) is 24.5 Å². The summed E-state index contributed by atoms with van der Waals surface area (Å²) in [5, 5.41) is 4.26. The minimum absolute atomic E-state index is 0.526. The van der Waals surface area contributed by atoms with Gasteiger partial charge in [-0.05, 0) is 25.6 Å². The van der Waals surface area contributed by atoms with Crippen LogP contribution in [-0.2, 0) is 0 Å². The second-order valence-electron chi connectivity index (χ2n) is 4.13. The van der Waals surface area contributed by atoms with Crippen LogP contribution in [0.4, 0.5) is 0 Å². The van der Waals surface area contributed by atoms with Gasteiger partial charge in [0.05, 0.1) is 18.1 Å². The molecule has 0 bridgehead atoms. The van der Waals surface area contributed by atoms with Crippen molar-refractivity contribution in [1.82, 2.24) is 15.3 Å². The standard InChI is InChI=1S/C13H19N3OS/c1-4-9(14-2)8-18-13-15-11-6-5-10(17-3)7-12(11)16-13/h5-7,9,14H,4,8H2,1-3H3,(H,15,16). The highest BCUT2D eigenvalue weighted by Crippen LogP contribution is 2.23. The Kier molecular flexibility index (Phi) is 4.49. The fraction of sp³-hybridized carbons (Fsp3) is 0.462. The van der Waals surface area contributed by atoms with Gasteiger partial charge in [0.25, 0.3) is 0 Å². The zero-order valence-corrected chi connectivity index (χ0v) is 11.8. The lowest BCUT2D eigenvalue weighted by atomic mass is 10.3. The predicted molar refractivity (Wildman–Crippen MR) is 76.5 cm³/mol. The van der Waals surface area contributed by atoms with Crippen molar-refractivity contribution in [2.24, 2.45) is 0 Å². The Morgan fingerprint density at radius 3 is 3.00 bits per heavy atom. The maximum absolute atomic E-state index is 5.20. The minimum Gasteiger partial charge on any atom is -0.497 e. The molecule has 1 aromatic heterocycles. The molecule has 0 fully saturated rings. The van der Waals surface area contributed by atoms with Gasteiger partial charge in [-0.3, -0.25) is 0 Å². The van der Waals surface area contributed by atoms with E-state index in [1.54, 1.807) is 18.9 Å². The Morgan fingerprint density at radius 1 is 1.50 bits per heavy atom. The molecule has 0 aliphatic rings. The third-order valence-corrected chi connectivity index (χ3v) is 4.03. The third kappa shape index (κ3) is 2.97. The van der Waals surface area contributed by atoms with Crippen molar-refractivity contribution < 1.29 is 4.74 Å². The van der Waals surface area contributed by atoms with Gasteiger partial charge >= 0.3 is 0 Å². The van der Waals surface area contributed by atoms with Crippen LogP contribution in [0.1, 0.15) is 13.3 Å². The van der Waals surface area contributed by atoms with Gasteiger partial charge in [0.15, 0.2) is 5.16 Å². The quantitative estimate of drug-likeness (QED) is 0.788. The molecular formula is C13H19N3OS. The van der Waals surface area contributed by atoms with Crippen LogP contribution >= 0.6 is 11.8 Å². The molecule has 0 saturated carbocycles. The molecule has 0 amide bonds. The van der Waals surface area contributed by atoms with E-state index in [0.29, 0.717) is 6.04 Å². The number of nitrogens with one attached hydrogen (secondary N) is 2. The molecule has 18 heavy (non-hydrogen) atoms. The van der Waals surface area contributed by atoms with E-state index in [1.165, 1.54) is 0 Å². The van der Waals surface area contributed by atoms with E-state index in [2.05, 4.69) is 22.2 Å². The van der Waals surface area contributed by atoms with Gasteiger partial charge in [0, 0.05) is 17.9 Å². The summed E-state index contributed by atoms with van der Waals surface area (Å²) < 4.78 is 5.20. The molecule has 2 N–H and O–H groups in total. The van der Waals surface area contributed by atoms with Gasteiger partial charge in [0.1, 0.15) is 5.75 Å². The summed E-state index contributed by atoms with van der Waals surface area (Å²) in [7, 11) is 3.67. The van der Waals surface area contributed by atoms with Crippen LogP contribution in [0.2, 0.25) is 0 Å². The molecule has 1 aromatic carbocycles. The lowest BCUT2D eigenvalue weighted by Gasteiger charge is -2.11. The molecule has 0 radical (unpaired) electrons. The normalized spacial score (nSPS) is 12.8. The SMILES string of the molecule is CCC(CSc1nc2ccc(OC)cc2[nH]1)NC. The highest BCUT2D eigenvalue weighted by Gasteiger charge is 2.08. The summed E-state index contributed by atoms with van der Waals surface area (Å²) >= 11 is 1.75. The van der Waals surface area contributed by atoms with Crippen molar-refractivity contribution in [3.63, 3.8) is 0 Å². The van der Waals surface area contributed by atoms with E-state index < -0.39 is 0 Å². The van der Waals surface area contributed by atoms with Gasteiger partial charge in [0.2, 0.25) is 0 Å². The molecule has 0 aliphatic carbocycles. The molecule has 0 aliphatic heterocycles. The largest absolute Gasteiger partial charge is 0.497 e. The summed E-state index contributed by atoms with van der Waals surface area (Å²) in [6.45, 7) is 2.19. The summed E-state index contributed by atoms with van der Waals surface area (Å²) in [6.07, 6.45) is 1.12. The third-order valence-electron chi connectivity index (χ3n) is 2.99. The second-order valence-corrected chi connectivity index (χ2v) is 5.14. The van der Waals surface area contributed by atoms with Crippen molar-refractivity contribution in [2.75, 3.05) is 19.9 Å². The minimum atomic E-state index is 0.526. The summed E-state index contributed by atoms with van der Waals surface area (Å²) in [4.78, 5) is 7.87. The fourth-order valence-electron chi connectivity index (χ4n) is 1.75. The predicted octanol–water partition coefficient (Wildman–Crippen LogP) is 2.66. The molecule has 2 rings (SSSR count). The maximum Gasteiger partial charge on any atom is 0.166 e. The molecule has 5 heteroatoms. The highest BCUT2D eigenvalue weighted by atomic mass is 32.2. The average Bonchev–Trinajstić information content (AvgIpc) is 2.81. The Labute approximate surface area is 112 Å². The number of hydrogen-bond donors (Lipinski definition) is 2. The Hall–Kier alpha value is -1.20. The van der Waals surface area contributed by atoms with Crippen LogP contribution in [0, 0.1) is 0 Å². The summed E-state index contributed by atoms with van der Waals surface area (Å²) in [5.74, 6) is 1.87. The Balaban J connectivity index is 2.10. The van der Waals surface area contributed by atoms with Gasteiger partial charge in [-0.25, -0.2) is 4.98 Å². The number of aromatic nitrogens is 2. The molecular weight excluding hydrogens is 246 g/mol. The Morgan fingerprint density at radius 2 is 2.33 bits per heavy atom. The van der Waals surface area contributed by atoms with Crippen molar-refractivity contribution in [3.05, 3.63) is 18.2 Å². The number of hydrogen-bond acceptors (Lipinski definition) is 4. The molecule has 1 unspecified atom stereocenters. The molecule has 1 heterocycles. The van der Waals surface area contributed by atoms with Gasteiger partial charge in [-0.15, -0.1) is 0 Å². The molecule has 1 atom stereocenters. The van der Waals surface area contributed by atoms with Crippen molar-refractivity contribution in [3.8, 4) is 5.75 Å². The van der Waals surface area contributed by atoms with E-state index >= 15 is 0 Å². The van der Waals surface area contributed by atoms with Gasteiger partial charge in [-0.1, -0.05) is 18.7 Å². The number of benzene rings is 1. The number of aromatic amines is 1. The van der Waals surface area contributed by atoms with E-state index in [4.69, 9.17) is 4.74 Å². The van der Waals surface area contributed by atoms with Crippen LogP contribution in [0.3, 0.4) is 0 Å². The molecule has 0 saturated heterocycles. The van der Waals surface area contributed by atoms with Crippen molar-refractivity contribution in [1.29, 1.82) is 0 Å². The van der Waals surface area contributed by atoms with Crippen LogP contribution in [-0.4, -0.2) is 35.9 Å². The topological polar surface area (TPSA) is 49.9 Å². The lowest BCUT2D eigenvalue weighted by molar-refractivity contribution is 0.415. The number of ether oxygens (including phenoxy) is 1. The van der Waals surface area contributed by atoms with Crippen LogP contribution < -0.4 is 10.1 Å². The maximum atomic E-state index is 5.20. The van der Waals surface area contributed by atoms with Crippen molar-refractivity contribution >= 4 is 22.8 Å². The van der Waals surface area contributed by atoms with E-state index in [-0.39, 0.29) is 0 Å². The van der Waals surface area contributed by atoms with Gasteiger partial charge < -0.3 is 15.0 Å². The highest BCUT2D eigenvalue weighted by molar-refractivity contribution is 7.99. The Bertz CT molecular complexity index is 508. The molecule has 0 spiro atoms. The number of rotatable bonds is 6.